The van der Waals surface area contributed by atoms with Gasteiger partial charge in [-0.25, -0.2) is 0 Å². The molecule has 1 aromatic carbocycles. The summed E-state index contributed by atoms with van der Waals surface area (Å²) in [5.74, 6) is -0.403. The van der Waals surface area contributed by atoms with E-state index in [1.807, 2.05) is 6.07 Å². The van der Waals surface area contributed by atoms with Gasteiger partial charge in [-0.15, -0.1) is 0 Å². The van der Waals surface area contributed by atoms with Crippen LogP contribution < -0.4 is 16.0 Å². The number of hydrogen-bond acceptors (Lipinski definition) is 4. The molecular weight excluding hydrogens is 349 g/mol. The number of nitriles is 1. The van der Waals surface area contributed by atoms with Gasteiger partial charge in [-0.2, -0.15) is 5.26 Å². The molecule has 0 spiro atoms. The van der Waals surface area contributed by atoms with E-state index in [0.29, 0.717) is 32.6 Å². The summed E-state index contributed by atoms with van der Waals surface area (Å²) >= 11 is 12.3. The summed E-state index contributed by atoms with van der Waals surface area (Å²) in [4.78, 5) is 12.8. The SMILES string of the molecule is Cc1cc2c(c(=O)n1C)[C@H](c1ccc(Cl)cc1Cl)C(C#N)=C(N)O2. The number of aryl methyl sites for hydroxylation is 1. The molecule has 2 aromatic rings. The minimum Gasteiger partial charge on any atom is -0.440 e. The van der Waals surface area contributed by atoms with Gasteiger partial charge in [0.25, 0.3) is 5.56 Å². The number of fused-ring (bicyclic) bond motifs is 1. The minimum atomic E-state index is -0.706. The molecule has 0 aliphatic carbocycles. The molecule has 0 saturated carbocycles. The zero-order valence-electron chi connectivity index (χ0n) is 12.9. The Balaban J connectivity index is 2.38. The lowest BCUT2D eigenvalue weighted by atomic mass is 9.84. The van der Waals surface area contributed by atoms with Crippen LogP contribution >= 0.6 is 23.2 Å². The van der Waals surface area contributed by atoms with Gasteiger partial charge in [0.1, 0.15) is 17.4 Å². The molecule has 0 amide bonds. The summed E-state index contributed by atoms with van der Waals surface area (Å²) in [6.45, 7) is 1.79. The zero-order valence-corrected chi connectivity index (χ0v) is 14.4. The molecule has 24 heavy (non-hydrogen) atoms. The molecule has 1 aliphatic rings. The number of allylic oxidation sites excluding steroid dienone is 1. The van der Waals surface area contributed by atoms with Crippen molar-refractivity contribution in [1.82, 2.24) is 4.57 Å². The van der Waals surface area contributed by atoms with E-state index in [2.05, 4.69) is 0 Å². The molecule has 3 rings (SSSR count). The maximum atomic E-state index is 12.8. The van der Waals surface area contributed by atoms with Crippen molar-refractivity contribution >= 4 is 23.2 Å². The lowest BCUT2D eigenvalue weighted by Gasteiger charge is -2.27. The smallest absolute Gasteiger partial charge is 0.258 e. The van der Waals surface area contributed by atoms with Gasteiger partial charge in [-0.1, -0.05) is 29.3 Å². The van der Waals surface area contributed by atoms with Gasteiger partial charge in [0.15, 0.2) is 0 Å². The van der Waals surface area contributed by atoms with Crippen molar-refractivity contribution in [3.63, 3.8) is 0 Å². The molecule has 0 unspecified atom stereocenters. The number of benzene rings is 1. The highest BCUT2D eigenvalue weighted by molar-refractivity contribution is 6.35. The largest absolute Gasteiger partial charge is 0.440 e. The summed E-state index contributed by atoms with van der Waals surface area (Å²) in [5.41, 5.74) is 7.41. The van der Waals surface area contributed by atoms with Crippen LogP contribution in [0.3, 0.4) is 0 Å². The molecular formula is C17H13Cl2N3O2. The number of rotatable bonds is 1. The second kappa shape index (κ2) is 5.90. The Morgan fingerprint density at radius 2 is 2.04 bits per heavy atom. The van der Waals surface area contributed by atoms with Crippen LogP contribution in [0.15, 0.2) is 40.5 Å². The quantitative estimate of drug-likeness (QED) is 0.845. The van der Waals surface area contributed by atoms with E-state index in [-0.39, 0.29) is 17.0 Å². The van der Waals surface area contributed by atoms with Crippen molar-refractivity contribution in [2.24, 2.45) is 12.8 Å². The average Bonchev–Trinajstić information content (AvgIpc) is 2.52. The third kappa shape index (κ3) is 2.44. The molecule has 5 nitrogen and oxygen atoms in total. The molecule has 0 radical (unpaired) electrons. The number of nitrogens with two attached hydrogens (primary N) is 1. The molecule has 7 heteroatoms. The highest BCUT2D eigenvalue weighted by Crippen LogP contribution is 2.43. The predicted molar refractivity (Wildman–Crippen MR) is 92.2 cm³/mol. The summed E-state index contributed by atoms with van der Waals surface area (Å²) in [6.07, 6.45) is 0. The second-order valence-corrected chi connectivity index (χ2v) is 6.36. The Morgan fingerprint density at radius 1 is 1.33 bits per heavy atom. The fourth-order valence-corrected chi connectivity index (χ4v) is 3.30. The van der Waals surface area contributed by atoms with Gasteiger partial charge in [0.2, 0.25) is 5.88 Å². The Kier molecular flexibility index (Phi) is 4.04. The monoisotopic (exact) mass is 361 g/mol. The number of halogens is 2. The van der Waals surface area contributed by atoms with E-state index in [1.165, 1.54) is 4.57 Å². The predicted octanol–water partition coefficient (Wildman–Crippen LogP) is 3.22. The van der Waals surface area contributed by atoms with E-state index in [9.17, 15) is 10.1 Å². The molecule has 2 heterocycles. The van der Waals surface area contributed by atoms with Gasteiger partial charge in [0, 0.05) is 28.9 Å². The van der Waals surface area contributed by atoms with E-state index in [1.54, 1.807) is 38.2 Å². The van der Waals surface area contributed by atoms with Crippen molar-refractivity contribution in [3.8, 4) is 11.8 Å². The van der Waals surface area contributed by atoms with Crippen LogP contribution in [-0.4, -0.2) is 4.57 Å². The van der Waals surface area contributed by atoms with Crippen molar-refractivity contribution in [1.29, 1.82) is 5.26 Å². The Morgan fingerprint density at radius 3 is 2.67 bits per heavy atom. The van der Waals surface area contributed by atoms with E-state index < -0.39 is 5.92 Å². The average molecular weight is 362 g/mol. The number of hydrogen-bond donors (Lipinski definition) is 1. The molecule has 1 aromatic heterocycles. The highest BCUT2D eigenvalue weighted by Gasteiger charge is 2.35. The van der Waals surface area contributed by atoms with Crippen molar-refractivity contribution in [3.05, 3.63) is 72.9 Å². The van der Waals surface area contributed by atoms with Crippen LogP contribution in [-0.2, 0) is 7.05 Å². The van der Waals surface area contributed by atoms with E-state index in [4.69, 9.17) is 33.7 Å². The standard InChI is InChI=1S/C17H13Cl2N3O2/c1-8-5-13-15(17(23)22(8)2)14(11(7-20)16(21)24-13)10-4-3-9(18)6-12(10)19/h3-6,14H,21H2,1-2H3/t14-/m1/s1. The molecule has 122 valence electrons. The Bertz CT molecular complexity index is 987. The van der Waals surface area contributed by atoms with Gasteiger partial charge in [0.05, 0.1) is 11.5 Å². The first-order valence-corrected chi connectivity index (χ1v) is 7.83. The molecule has 2 N–H and O–H groups in total. The lowest BCUT2D eigenvalue weighted by Crippen LogP contribution is -2.31. The number of pyridine rings is 1. The molecule has 1 atom stereocenters. The Hall–Kier alpha value is -2.42. The Labute approximate surface area is 148 Å². The summed E-state index contributed by atoms with van der Waals surface area (Å²) in [5, 5.41) is 10.3. The highest BCUT2D eigenvalue weighted by atomic mass is 35.5. The zero-order chi connectivity index (χ0) is 17.6. The molecule has 0 bridgehead atoms. The normalized spacial score (nSPS) is 16.4. The first-order valence-electron chi connectivity index (χ1n) is 7.08. The van der Waals surface area contributed by atoms with Gasteiger partial charge in [-0.3, -0.25) is 4.79 Å². The van der Waals surface area contributed by atoms with Crippen LogP contribution in [0, 0.1) is 18.3 Å². The molecule has 1 aliphatic heterocycles. The lowest BCUT2D eigenvalue weighted by molar-refractivity contribution is 0.389. The third-order valence-electron chi connectivity index (χ3n) is 4.13. The first-order chi connectivity index (χ1) is 11.3. The van der Waals surface area contributed by atoms with Crippen LogP contribution in [0.25, 0.3) is 0 Å². The third-order valence-corrected chi connectivity index (χ3v) is 4.69. The topological polar surface area (TPSA) is 81.0 Å². The fourth-order valence-electron chi connectivity index (χ4n) is 2.79. The van der Waals surface area contributed by atoms with E-state index in [0.717, 1.165) is 0 Å². The molecule has 0 fully saturated rings. The van der Waals surface area contributed by atoms with Gasteiger partial charge >= 0.3 is 0 Å². The van der Waals surface area contributed by atoms with Crippen molar-refractivity contribution < 1.29 is 4.74 Å². The van der Waals surface area contributed by atoms with Crippen molar-refractivity contribution in [2.75, 3.05) is 0 Å². The van der Waals surface area contributed by atoms with Gasteiger partial charge < -0.3 is 15.0 Å². The van der Waals surface area contributed by atoms with Gasteiger partial charge in [-0.05, 0) is 24.6 Å². The number of aromatic nitrogens is 1. The van der Waals surface area contributed by atoms with E-state index >= 15 is 0 Å². The molecule has 0 saturated heterocycles. The number of ether oxygens (including phenoxy) is 1. The number of nitrogens with zero attached hydrogens (tertiary/aromatic N) is 2. The van der Waals surface area contributed by atoms with Crippen LogP contribution in [0.5, 0.6) is 5.75 Å². The first kappa shape index (κ1) is 16.4. The summed E-state index contributed by atoms with van der Waals surface area (Å²) in [7, 11) is 1.66. The summed E-state index contributed by atoms with van der Waals surface area (Å²) in [6, 6.07) is 8.66. The van der Waals surface area contributed by atoms with Crippen molar-refractivity contribution in [2.45, 2.75) is 12.8 Å². The van der Waals surface area contributed by atoms with Crippen LogP contribution in [0.2, 0.25) is 10.0 Å². The fraction of sp³-hybridized carbons (Fsp3) is 0.176. The minimum absolute atomic E-state index is 0.0336. The van der Waals surface area contributed by atoms with Crippen LogP contribution in [0.4, 0.5) is 0 Å². The maximum Gasteiger partial charge on any atom is 0.258 e. The maximum absolute atomic E-state index is 12.8. The second-order valence-electron chi connectivity index (χ2n) is 5.52. The van der Waals surface area contributed by atoms with Crippen LogP contribution in [0.1, 0.15) is 22.7 Å². The summed E-state index contributed by atoms with van der Waals surface area (Å²) < 4.78 is 7.02.